The number of likely N-dealkylation sites (tertiary alicyclic amines) is 1. The van der Waals surface area contributed by atoms with Crippen LogP contribution in [0.2, 0.25) is 0 Å². The maximum absolute atomic E-state index is 12.5. The Labute approximate surface area is 319 Å². The zero-order valence-electron chi connectivity index (χ0n) is 31.4. The van der Waals surface area contributed by atoms with Gasteiger partial charge in [-0.15, -0.1) is 0 Å². The van der Waals surface area contributed by atoms with Crippen LogP contribution in [0.4, 0.5) is 5.69 Å². The number of carbonyl (C=O) groups is 2. The van der Waals surface area contributed by atoms with Crippen molar-refractivity contribution in [1.82, 2.24) is 15.1 Å². The second-order valence-corrected chi connectivity index (χ2v) is 15.5. The molecule has 54 heavy (non-hydrogen) atoms. The van der Waals surface area contributed by atoms with Gasteiger partial charge in [0, 0.05) is 57.9 Å². The molecular weight excluding hydrogens is 673 g/mol. The van der Waals surface area contributed by atoms with Crippen LogP contribution in [0.25, 0.3) is 11.1 Å². The second kappa shape index (κ2) is 16.2. The third kappa shape index (κ3) is 8.10. The molecule has 4 heterocycles. The summed E-state index contributed by atoms with van der Waals surface area (Å²) in [5, 5.41) is 12.5. The molecule has 2 N–H and O–H groups in total. The lowest BCUT2D eigenvalue weighted by molar-refractivity contribution is -0.137. The van der Waals surface area contributed by atoms with E-state index >= 15 is 0 Å². The minimum Gasteiger partial charge on any atom is -0.508 e. The average Bonchev–Trinajstić information content (AvgIpc) is 3.62. The van der Waals surface area contributed by atoms with Crippen LogP contribution in [0.5, 0.6) is 11.5 Å². The molecule has 1 unspecified atom stereocenters. The number of hydrogen-bond acceptors (Lipinski definition) is 7. The molecule has 280 valence electrons. The Balaban J connectivity index is 0.818. The summed E-state index contributed by atoms with van der Waals surface area (Å²) in [5.74, 6) is 1.59. The van der Waals surface area contributed by atoms with Crippen molar-refractivity contribution in [2.24, 2.45) is 5.92 Å². The summed E-state index contributed by atoms with van der Waals surface area (Å²) >= 11 is 0. The fourth-order valence-corrected chi connectivity index (χ4v) is 9.00. The second-order valence-electron chi connectivity index (χ2n) is 15.5. The number of nitrogens with zero attached hydrogens (tertiary/aromatic N) is 3. The number of ether oxygens (including phenoxy) is 1. The van der Waals surface area contributed by atoms with E-state index in [0.717, 1.165) is 82.0 Å². The molecule has 1 atom stereocenters. The summed E-state index contributed by atoms with van der Waals surface area (Å²) in [7, 11) is 0. The predicted molar refractivity (Wildman–Crippen MR) is 214 cm³/mol. The molecule has 0 radical (unpaired) electrons. The molecule has 0 spiro atoms. The molecule has 3 saturated heterocycles. The number of phenols is 1. The highest BCUT2D eigenvalue weighted by Crippen LogP contribution is 2.36. The molecule has 8 heteroatoms. The van der Waals surface area contributed by atoms with Crippen LogP contribution in [0, 0.1) is 5.92 Å². The highest BCUT2D eigenvalue weighted by atomic mass is 16.5. The summed E-state index contributed by atoms with van der Waals surface area (Å²) < 4.78 is 6.55. The maximum Gasteiger partial charge on any atom is 0.243 e. The number of hydrogen-bond donors (Lipinski definition) is 2. The number of benzene rings is 4. The molecule has 3 fully saturated rings. The van der Waals surface area contributed by atoms with E-state index in [1.54, 1.807) is 12.1 Å². The van der Waals surface area contributed by atoms with Crippen LogP contribution in [0.15, 0.2) is 97.1 Å². The van der Waals surface area contributed by atoms with Gasteiger partial charge in [0.15, 0.2) is 0 Å². The SMILES string of the molecule is CC/C(=C(\c1ccc(O)cc1)c1ccc(OC2CCN(CC3CCN(c4ccc5c(c4)CN(C4CCC(=O)NC4=O)C5)CC3)CC2)cc1)c1ccccc1. The van der Waals surface area contributed by atoms with Crippen LogP contribution in [-0.2, 0) is 22.7 Å². The van der Waals surface area contributed by atoms with Crippen molar-refractivity contribution in [2.75, 3.05) is 37.6 Å². The lowest BCUT2D eigenvalue weighted by Gasteiger charge is -2.38. The molecule has 0 aromatic heterocycles. The molecule has 0 saturated carbocycles. The number of fused-ring (bicyclic) bond motifs is 1. The number of nitrogens with one attached hydrogen (secondary N) is 1. The Morgan fingerprint density at radius 2 is 1.44 bits per heavy atom. The van der Waals surface area contributed by atoms with Crippen molar-refractivity contribution >= 4 is 28.6 Å². The van der Waals surface area contributed by atoms with Crippen LogP contribution in [0.3, 0.4) is 0 Å². The fraction of sp³-hybridized carbons (Fsp3) is 0.391. The molecule has 2 amide bonds. The number of piperidine rings is 3. The van der Waals surface area contributed by atoms with Crippen LogP contribution >= 0.6 is 0 Å². The van der Waals surface area contributed by atoms with E-state index in [0.29, 0.717) is 18.8 Å². The Bertz CT molecular complexity index is 1960. The van der Waals surface area contributed by atoms with Gasteiger partial charge in [0.1, 0.15) is 17.6 Å². The fourth-order valence-electron chi connectivity index (χ4n) is 9.00. The number of anilines is 1. The smallest absolute Gasteiger partial charge is 0.243 e. The van der Waals surface area contributed by atoms with Crippen molar-refractivity contribution in [1.29, 1.82) is 0 Å². The predicted octanol–water partition coefficient (Wildman–Crippen LogP) is 7.64. The van der Waals surface area contributed by atoms with Crippen LogP contribution < -0.4 is 15.0 Å². The first kappa shape index (κ1) is 36.1. The normalized spacial score (nSPS) is 20.8. The minimum absolute atomic E-state index is 0.150. The van der Waals surface area contributed by atoms with Crippen molar-refractivity contribution in [3.05, 3.63) is 125 Å². The van der Waals surface area contributed by atoms with Gasteiger partial charge in [0.2, 0.25) is 11.8 Å². The molecule has 4 aromatic rings. The number of rotatable bonds is 10. The zero-order chi connectivity index (χ0) is 37.0. The number of amides is 2. The van der Waals surface area contributed by atoms with E-state index in [9.17, 15) is 14.7 Å². The number of phenolic OH excluding ortho intramolecular Hbond substituents is 1. The first-order chi connectivity index (χ1) is 26.4. The molecule has 4 aromatic carbocycles. The minimum atomic E-state index is -0.216. The van der Waals surface area contributed by atoms with Crippen molar-refractivity contribution in [3.8, 4) is 11.5 Å². The first-order valence-corrected chi connectivity index (χ1v) is 19.9. The summed E-state index contributed by atoms with van der Waals surface area (Å²) in [6.07, 6.45) is 6.62. The maximum atomic E-state index is 12.5. The van der Waals surface area contributed by atoms with Gasteiger partial charge in [-0.05, 0) is 120 Å². The van der Waals surface area contributed by atoms with E-state index in [1.165, 1.54) is 46.4 Å². The third-order valence-electron chi connectivity index (χ3n) is 12.0. The van der Waals surface area contributed by atoms with Gasteiger partial charge in [0.05, 0.1) is 6.04 Å². The number of carbonyl (C=O) groups excluding carboxylic acids is 2. The van der Waals surface area contributed by atoms with E-state index in [2.05, 4.69) is 99.7 Å². The summed E-state index contributed by atoms with van der Waals surface area (Å²) in [6, 6.07) is 33.3. The third-order valence-corrected chi connectivity index (χ3v) is 12.0. The van der Waals surface area contributed by atoms with Gasteiger partial charge in [-0.25, -0.2) is 0 Å². The van der Waals surface area contributed by atoms with E-state index in [4.69, 9.17) is 4.74 Å². The van der Waals surface area contributed by atoms with Gasteiger partial charge in [-0.3, -0.25) is 19.8 Å². The largest absolute Gasteiger partial charge is 0.508 e. The van der Waals surface area contributed by atoms with Crippen molar-refractivity contribution in [2.45, 2.75) is 77.1 Å². The average molecular weight is 725 g/mol. The molecule has 0 aliphatic carbocycles. The van der Waals surface area contributed by atoms with Crippen LogP contribution in [-0.4, -0.2) is 71.6 Å². The highest BCUT2D eigenvalue weighted by molar-refractivity contribution is 6.00. The quantitative estimate of drug-likeness (QED) is 0.129. The monoisotopic (exact) mass is 724 g/mol. The molecule has 0 bridgehead atoms. The summed E-state index contributed by atoms with van der Waals surface area (Å²) in [4.78, 5) is 31.5. The van der Waals surface area contributed by atoms with Gasteiger partial charge >= 0.3 is 0 Å². The van der Waals surface area contributed by atoms with Gasteiger partial charge in [-0.1, -0.05) is 67.6 Å². The molecule has 8 rings (SSSR count). The first-order valence-electron chi connectivity index (χ1n) is 19.9. The number of imide groups is 1. The van der Waals surface area contributed by atoms with Crippen molar-refractivity contribution in [3.63, 3.8) is 0 Å². The van der Waals surface area contributed by atoms with Gasteiger partial charge in [-0.2, -0.15) is 0 Å². The van der Waals surface area contributed by atoms with E-state index < -0.39 is 0 Å². The Morgan fingerprint density at radius 3 is 2.13 bits per heavy atom. The Kier molecular flexibility index (Phi) is 10.8. The van der Waals surface area contributed by atoms with Gasteiger partial charge in [0.25, 0.3) is 0 Å². The Hall–Kier alpha value is -4.92. The molecule has 4 aliphatic heterocycles. The summed E-state index contributed by atoms with van der Waals surface area (Å²) in [6.45, 7) is 9.19. The highest BCUT2D eigenvalue weighted by Gasteiger charge is 2.35. The zero-order valence-corrected chi connectivity index (χ0v) is 31.4. The van der Waals surface area contributed by atoms with Crippen molar-refractivity contribution < 1.29 is 19.4 Å². The lowest BCUT2D eigenvalue weighted by atomic mass is 9.88. The lowest BCUT2D eigenvalue weighted by Crippen LogP contribution is -2.50. The van der Waals surface area contributed by atoms with E-state index in [-0.39, 0.29) is 29.7 Å². The Morgan fingerprint density at radius 1 is 0.759 bits per heavy atom. The van der Waals surface area contributed by atoms with E-state index in [1.807, 2.05) is 12.1 Å². The number of aromatic hydroxyl groups is 1. The standard InChI is InChI=1S/C46H52N4O4/c1-2-42(33-6-4-3-5-7-33)45(34-9-14-39(51)15-10-34)35-11-16-40(17-12-35)54-41-22-24-48(25-23-41)29-32-20-26-49(27-21-32)38-13-8-36-30-50(31-37(36)28-38)43-18-19-44(52)47-46(43)53/h3-17,28,32,41,43,51H,2,18-27,29-31H2,1H3,(H,47,52,53)/b45-42-. The number of allylic oxidation sites excluding steroid dienone is 1. The topological polar surface area (TPSA) is 85.3 Å². The molecule has 4 aliphatic rings. The molecule has 8 nitrogen and oxygen atoms in total. The van der Waals surface area contributed by atoms with Crippen LogP contribution in [0.1, 0.15) is 79.7 Å². The van der Waals surface area contributed by atoms with Gasteiger partial charge < -0.3 is 19.6 Å². The molecular formula is C46H52N4O4. The summed E-state index contributed by atoms with van der Waals surface area (Å²) in [5.41, 5.74) is 9.79.